The summed E-state index contributed by atoms with van der Waals surface area (Å²) in [5.74, 6) is -0.879. The van der Waals surface area contributed by atoms with Crippen LogP contribution in [0, 0.1) is 0 Å². The Hall–Kier alpha value is -1.35. The summed E-state index contributed by atoms with van der Waals surface area (Å²) in [7, 11) is 0. The molecule has 0 unspecified atom stereocenters. The van der Waals surface area contributed by atoms with Gasteiger partial charge in [0.1, 0.15) is 0 Å². The van der Waals surface area contributed by atoms with Crippen molar-refractivity contribution in [2.45, 2.75) is 27.7 Å². The summed E-state index contributed by atoms with van der Waals surface area (Å²) in [5, 5.41) is 8.38. The fourth-order valence-electron chi connectivity index (χ4n) is 1.92. The van der Waals surface area contributed by atoms with E-state index in [0.717, 1.165) is 0 Å². The van der Waals surface area contributed by atoms with Crippen molar-refractivity contribution in [3.05, 3.63) is 35.9 Å². The van der Waals surface area contributed by atoms with Crippen LogP contribution in [-0.4, -0.2) is 41.7 Å². The molecule has 0 aliphatic heterocycles. The summed E-state index contributed by atoms with van der Waals surface area (Å²) < 4.78 is 1.28. The largest absolute Gasteiger partial charge is 0.478 e. The molecule has 0 bridgehead atoms. The highest BCUT2D eigenvalue weighted by atomic mass is 16.4. The first-order valence-electron chi connectivity index (χ1n) is 6.68. The number of hydrogen-bond donors (Lipinski definition) is 1. The number of nitrogens with zero attached hydrogens (tertiary/aromatic N) is 1. The minimum atomic E-state index is -0.879. The van der Waals surface area contributed by atoms with E-state index >= 15 is 0 Å². The van der Waals surface area contributed by atoms with Crippen LogP contribution >= 0.6 is 0 Å². The van der Waals surface area contributed by atoms with E-state index in [9.17, 15) is 4.79 Å². The molecule has 0 aliphatic rings. The third kappa shape index (κ3) is 5.32. The monoisotopic (exact) mass is 252 g/mol. The number of benzene rings is 1. The van der Waals surface area contributed by atoms with Crippen LogP contribution in [0.3, 0.4) is 0 Å². The highest BCUT2D eigenvalue weighted by Crippen LogP contribution is 2.03. The highest BCUT2D eigenvalue weighted by Gasteiger charge is 2.16. The van der Waals surface area contributed by atoms with Gasteiger partial charge in [0.15, 0.2) is 0 Å². The molecule has 0 fully saturated rings. The maximum Gasteiger partial charge on any atom is 0.335 e. The fourth-order valence-corrected chi connectivity index (χ4v) is 1.92. The van der Waals surface area contributed by atoms with E-state index < -0.39 is 5.97 Å². The van der Waals surface area contributed by atoms with E-state index in [1.54, 1.807) is 30.3 Å². The third-order valence-electron chi connectivity index (χ3n) is 3.70. The lowest BCUT2D eigenvalue weighted by Gasteiger charge is -2.34. The van der Waals surface area contributed by atoms with Crippen LogP contribution in [0.4, 0.5) is 0 Å². The standard InChI is InChI=1S/C8H20N.C7H6O2/c1-5-9(6-2,7-3)8-4;8-7(9)6-4-2-1-3-5-6/h5-8H2,1-4H3;1-5H,(H,8,9)/q+1;. The van der Waals surface area contributed by atoms with Gasteiger partial charge in [-0.15, -0.1) is 0 Å². The molecule has 0 radical (unpaired) electrons. The molecule has 3 nitrogen and oxygen atoms in total. The molecule has 0 amide bonds. The molecular formula is C15H26NO2+. The summed E-state index contributed by atoms with van der Waals surface area (Å²) in [6.07, 6.45) is 0. The van der Waals surface area contributed by atoms with Gasteiger partial charge in [-0.05, 0) is 39.8 Å². The summed E-state index contributed by atoms with van der Waals surface area (Å²) >= 11 is 0. The molecule has 18 heavy (non-hydrogen) atoms. The average molecular weight is 252 g/mol. The smallest absolute Gasteiger partial charge is 0.335 e. The molecule has 1 aromatic rings. The number of carboxylic acids is 1. The van der Waals surface area contributed by atoms with Crippen molar-refractivity contribution in [2.24, 2.45) is 0 Å². The Labute approximate surface area is 111 Å². The van der Waals surface area contributed by atoms with Crippen LogP contribution < -0.4 is 0 Å². The predicted octanol–water partition coefficient (Wildman–Crippen LogP) is 3.27. The molecule has 102 valence electrons. The van der Waals surface area contributed by atoms with Gasteiger partial charge in [0.25, 0.3) is 0 Å². The molecule has 0 aliphatic carbocycles. The highest BCUT2D eigenvalue weighted by molar-refractivity contribution is 5.87. The van der Waals surface area contributed by atoms with E-state index in [4.69, 9.17) is 5.11 Å². The van der Waals surface area contributed by atoms with Crippen molar-refractivity contribution in [3.8, 4) is 0 Å². The normalized spacial score (nSPS) is 10.4. The first-order chi connectivity index (χ1) is 8.55. The van der Waals surface area contributed by atoms with Gasteiger partial charge in [0.2, 0.25) is 0 Å². The zero-order valence-corrected chi connectivity index (χ0v) is 12.0. The topological polar surface area (TPSA) is 37.3 Å². The second-order valence-corrected chi connectivity index (χ2v) is 4.28. The molecule has 0 spiro atoms. The summed E-state index contributed by atoms with van der Waals surface area (Å²) in [4.78, 5) is 10.2. The summed E-state index contributed by atoms with van der Waals surface area (Å²) in [5.41, 5.74) is 0.331. The zero-order chi connectivity index (χ0) is 14.0. The number of carbonyl (C=O) groups is 1. The lowest BCUT2D eigenvalue weighted by Crippen LogP contribution is -2.47. The SMILES string of the molecule is CC[N+](CC)(CC)CC.O=C(O)c1ccccc1. The maximum absolute atomic E-state index is 10.2. The van der Waals surface area contributed by atoms with Crippen molar-refractivity contribution in [3.63, 3.8) is 0 Å². The van der Waals surface area contributed by atoms with Crippen molar-refractivity contribution in [1.82, 2.24) is 0 Å². The lowest BCUT2D eigenvalue weighted by atomic mass is 10.2. The van der Waals surface area contributed by atoms with Crippen molar-refractivity contribution < 1.29 is 14.4 Å². The zero-order valence-electron chi connectivity index (χ0n) is 12.0. The van der Waals surface area contributed by atoms with E-state index in [-0.39, 0.29) is 0 Å². The van der Waals surface area contributed by atoms with E-state index in [1.807, 2.05) is 0 Å². The Bertz CT molecular complexity index is 314. The van der Waals surface area contributed by atoms with E-state index in [0.29, 0.717) is 5.56 Å². The molecular weight excluding hydrogens is 226 g/mol. The Morgan fingerprint density at radius 2 is 1.33 bits per heavy atom. The Morgan fingerprint density at radius 3 is 1.50 bits per heavy atom. The number of rotatable bonds is 5. The van der Waals surface area contributed by atoms with Crippen LogP contribution in [-0.2, 0) is 0 Å². The van der Waals surface area contributed by atoms with Crippen LogP contribution in [0.2, 0.25) is 0 Å². The van der Waals surface area contributed by atoms with Crippen LogP contribution in [0.5, 0.6) is 0 Å². The molecule has 0 atom stereocenters. The van der Waals surface area contributed by atoms with Crippen molar-refractivity contribution >= 4 is 5.97 Å². The first kappa shape index (κ1) is 16.6. The molecule has 1 aromatic carbocycles. The Kier molecular flexibility index (Phi) is 8.05. The number of carboxylic acid groups (broad SMARTS) is 1. The van der Waals surface area contributed by atoms with Gasteiger partial charge in [-0.2, -0.15) is 0 Å². The molecule has 0 aromatic heterocycles. The quantitative estimate of drug-likeness (QED) is 0.817. The predicted molar refractivity (Wildman–Crippen MR) is 75.8 cm³/mol. The van der Waals surface area contributed by atoms with Gasteiger partial charge >= 0.3 is 5.97 Å². The minimum absolute atomic E-state index is 0.331. The van der Waals surface area contributed by atoms with E-state index in [1.165, 1.54) is 30.7 Å². The van der Waals surface area contributed by atoms with Gasteiger partial charge in [0.05, 0.1) is 31.7 Å². The molecule has 3 heteroatoms. The number of quaternary nitrogens is 1. The van der Waals surface area contributed by atoms with Gasteiger partial charge in [-0.3, -0.25) is 0 Å². The number of aromatic carboxylic acids is 1. The molecule has 0 saturated carbocycles. The molecule has 1 N–H and O–H groups in total. The summed E-state index contributed by atoms with van der Waals surface area (Å²) in [6.45, 7) is 14.2. The maximum atomic E-state index is 10.2. The second-order valence-electron chi connectivity index (χ2n) is 4.28. The van der Waals surface area contributed by atoms with E-state index in [2.05, 4.69) is 27.7 Å². The lowest BCUT2D eigenvalue weighted by molar-refractivity contribution is -0.921. The van der Waals surface area contributed by atoms with Gasteiger partial charge in [0, 0.05) is 0 Å². The Balaban J connectivity index is 0.000000321. The van der Waals surface area contributed by atoms with Gasteiger partial charge < -0.3 is 9.59 Å². The molecule has 0 saturated heterocycles. The third-order valence-corrected chi connectivity index (χ3v) is 3.70. The van der Waals surface area contributed by atoms with Gasteiger partial charge in [-0.25, -0.2) is 4.79 Å². The summed E-state index contributed by atoms with van der Waals surface area (Å²) in [6, 6.07) is 8.30. The Morgan fingerprint density at radius 1 is 0.944 bits per heavy atom. The minimum Gasteiger partial charge on any atom is -0.478 e. The molecule has 1 rings (SSSR count). The van der Waals surface area contributed by atoms with Crippen molar-refractivity contribution in [2.75, 3.05) is 26.2 Å². The number of hydrogen-bond acceptors (Lipinski definition) is 1. The fraction of sp³-hybridized carbons (Fsp3) is 0.533. The van der Waals surface area contributed by atoms with Crippen LogP contribution in [0.15, 0.2) is 30.3 Å². The van der Waals surface area contributed by atoms with Crippen molar-refractivity contribution in [1.29, 1.82) is 0 Å². The first-order valence-corrected chi connectivity index (χ1v) is 6.68. The van der Waals surface area contributed by atoms with Crippen LogP contribution in [0.25, 0.3) is 0 Å². The molecule has 0 heterocycles. The van der Waals surface area contributed by atoms with Crippen LogP contribution in [0.1, 0.15) is 38.1 Å². The second kappa shape index (κ2) is 8.70. The average Bonchev–Trinajstić information content (AvgIpc) is 2.44. The van der Waals surface area contributed by atoms with Gasteiger partial charge in [-0.1, -0.05) is 18.2 Å².